The van der Waals surface area contributed by atoms with E-state index in [1.54, 1.807) is 17.1 Å². The van der Waals surface area contributed by atoms with E-state index in [4.69, 9.17) is 0 Å². The fourth-order valence-electron chi connectivity index (χ4n) is 2.62. The van der Waals surface area contributed by atoms with Crippen molar-refractivity contribution in [1.82, 2.24) is 30.2 Å². The second-order valence-electron chi connectivity index (χ2n) is 5.60. The fourth-order valence-corrected chi connectivity index (χ4v) is 2.62. The van der Waals surface area contributed by atoms with E-state index in [1.165, 1.54) is 0 Å². The molecule has 7 nitrogen and oxygen atoms in total. The van der Waals surface area contributed by atoms with Gasteiger partial charge >= 0.3 is 0 Å². The van der Waals surface area contributed by atoms with Crippen molar-refractivity contribution in [2.24, 2.45) is 0 Å². The largest absolute Gasteiger partial charge is 0.332 e. The Labute approximate surface area is 153 Å². The Morgan fingerprint density at radius 2 is 2.12 bits per heavy atom. The number of aromatic nitrogens is 4. The van der Waals surface area contributed by atoms with Crippen molar-refractivity contribution in [3.8, 4) is 0 Å². The lowest BCUT2D eigenvalue weighted by atomic mass is 10.1. The van der Waals surface area contributed by atoms with Crippen LogP contribution < -0.4 is 5.32 Å². The topological polar surface area (TPSA) is 75.9 Å². The van der Waals surface area contributed by atoms with Gasteiger partial charge in [0, 0.05) is 31.4 Å². The normalized spacial score (nSPS) is 20.0. The molecular weight excluding hydrogens is 351 g/mol. The second-order valence-corrected chi connectivity index (χ2v) is 5.60. The molecule has 0 saturated carbocycles. The molecule has 2 aromatic rings. The predicted molar refractivity (Wildman–Crippen MR) is 95.8 cm³/mol. The highest BCUT2D eigenvalue weighted by Crippen LogP contribution is 2.12. The standard InChI is InChI=1S/C15H20N6O.2ClH/c1-11-12(2)21(8-7-16-11)15(22)14-10-20(19-18-14)9-13-5-3-4-6-17-13;;/h3-6,10-12,16H,7-9H2,1-2H3;2*1H. The Hall–Kier alpha value is -1.70. The van der Waals surface area contributed by atoms with E-state index in [0.29, 0.717) is 18.8 Å². The Morgan fingerprint density at radius 3 is 2.83 bits per heavy atom. The lowest BCUT2D eigenvalue weighted by Crippen LogP contribution is -2.57. The Balaban J connectivity index is 0.00000144. The van der Waals surface area contributed by atoms with Gasteiger partial charge in [0.2, 0.25) is 0 Å². The number of hydrogen-bond donors (Lipinski definition) is 1. The molecule has 3 heterocycles. The number of piperazine rings is 1. The number of halogens is 2. The maximum absolute atomic E-state index is 12.6. The molecule has 1 fully saturated rings. The molecule has 9 heteroatoms. The van der Waals surface area contributed by atoms with Gasteiger partial charge in [0.15, 0.2) is 5.69 Å². The smallest absolute Gasteiger partial charge is 0.276 e. The number of pyridine rings is 1. The number of nitrogens with zero attached hydrogens (tertiary/aromatic N) is 5. The van der Waals surface area contributed by atoms with Crippen molar-refractivity contribution >= 4 is 30.7 Å². The summed E-state index contributed by atoms with van der Waals surface area (Å²) in [6.45, 7) is 6.14. The highest BCUT2D eigenvalue weighted by molar-refractivity contribution is 5.92. The van der Waals surface area contributed by atoms with Gasteiger partial charge in [-0.15, -0.1) is 29.9 Å². The molecule has 0 spiro atoms. The summed E-state index contributed by atoms with van der Waals surface area (Å²) < 4.78 is 1.64. The molecule has 132 valence electrons. The lowest BCUT2D eigenvalue weighted by Gasteiger charge is -2.38. The number of hydrogen-bond acceptors (Lipinski definition) is 5. The zero-order valence-electron chi connectivity index (χ0n) is 13.6. The minimum atomic E-state index is -0.0619. The number of carbonyl (C=O) groups is 1. The van der Waals surface area contributed by atoms with Crippen molar-refractivity contribution in [3.05, 3.63) is 42.0 Å². The highest BCUT2D eigenvalue weighted by Gasteiger charge is 2.30. The zero-order valence-corrected chi connectivity index (χ0v) is 15.3. The number of rotatable bonds is 3. The molecule has 0 aromatic carbocycles. The monoisotopic (exact) mass is 372 g/mol. The second kappa shape index (κ2) is 8.96. The van der Waals surface area contributed by atoms with Crippen LogP contribution in [0.25, 0.3) is 0 Å². The van der Waals surface area contributed by atoms with Crippen LogP contribution in [-0.4, -0.2) is 56.0 Å². The van der Waals surface area contributed by atoms with Gasteiger partial charge in [0.1, 0.15) is 0 Å². The van der Waals surface area contributed by atoms with E-state index in [-0.39, 0.29) is 42.8 Å². The molecule has 2 atom stereocenters. The van der Waals surface area contributed by atoms with E-state index >= 15 is 0 Å². The molecule has 0 bridgehead atoms. The van der Waals surface area contributed by atoms with Crippen LogP contribution in [0.2, 0.25) is 0 Å². The van der Waals surface area contributed by atoms with Gasteiger partial charge in [0.25, 0.3) is 5.91 Å². The van der Waals surface area contributed by atoms with Crippen molar-refractivity contribution < 1.29 is 4.79 Å². The molecule has 0 aliphatic carbocycles. The third-order valence-electron chi connectivity index (χ3n) is 4.10. The Kier molecular flexibility index (Phi) is 7.59. The first kappa shape index (κ1) is 20.3. The van der Waals surface area contributed by atoms with Gasteiger partial charge in [-0.05, 0) is 26.0 Å². The molecule has 1 saturated heterocycles. The van der Waals surface area contributed by atoms with Crippen LogP contribution in [0.3, 0.4) is 0 Å². The van der Waals surface area contributed by atoms with Gasteiger partial charge in [-0.2, -0.15) is 0 Å². The maximum Gasteiger partial charge on any atom is 0.276 e. The molecule has 2 unspecified atom stereocenters. The van der Waals surface area contributed by atoms with Crippen molar-refractivity contribution in [3.63, 3.8) is 0 Å². The average molecular weight is 373 g/mol. The van der Waals surface area contributed by atoms with E-state index < -0.39 is 0 Å². The van der Waals surface area contributed by atoms with Crippen LogP contribution in [0.15, 0.2) is 30.6 Å². The molecule has 24 heavy (non-hydrogen) atoms. The summed E-state index contributed by atoms with van der Waals surface area (Å²) in [6, 6.07) is 6.13. The molecule has 1 aliphatic rings. The predicted octanol–water partition coefficient (Wildman–Crippen LogP) is 1.39. The molecular formula is C15H22Cl2N6O. The quantitative estimate of drug-likeness (QED) is 0.880. The van der Waals surface area contributed by atoms with Gasteiger partial charge in [-0.25, -0.2) is 4.68 Å². The number of nitrogens with one attached hydrogen (secondary N) is 1. The summed E-state index contributed by atoms with van der Waals surface area (Å²) in [5, 5.41) is 11.4. The van der Waals surface area contributed by atoms with E-state index in [1.807, 2.05) is 30.0 Å². The molecule has 0 radical (unpaired) electrons. The lowest BCUT2D eigenvalue weighted by molar-refractivity contribution is 0.0597. The third kappa shape index (κ3) is 4.43. The Morgan fingerprint density at radius 1 is 1.33 bits per heavy atom. The van der Waals surface area contributed by atoms with Crippen LogP contribution in [0.1, 0.15) is 30.0 Å². The van der Waals surface area contributed by atoms with Gasteiger partial charge in [0.05, 0.1) is 18.4 Å². The van der Waals surface area contributed by atoms with Gasteiger partial charge in [-0.1, -0.05) is 11.3 Å². The van der Waals surface area contributed by atoms with E-state index in [2.05, 4.69) is 27.5 Å². The summed E-state index contributed by atoms with van der Waals surface area (Å²) in [6.07, 6.45) is 3.43. The average Bonchev–Trinajstić information content (AvgIpc) is 2.99. The van der Waals surface area contributed by atoms with E-state index in [9.17, 15) is 4.79 Å². The van der Waals surface area contributed by atoms with E-state index in [0.717, 1.165) is 12.2 Å². The van der Waals surface area contributed by atoms with Crippen molar-refractivity contribution in [2.45, 2.75) is 32.5 Å². The van der Waals surface area contributed by atoms with Crippen LogP contribution in [-0.2, 0) is 6.54 Å². The first-order valence-electron chi connectivity index (χ1n) is 7.49. The first-order chi connectivity index (χ1) is 10.6. The number of carbonyl (C=O) groups excluding carboxylic acids is 1. The minimum Gasteiger partial charge on any atom is -0.332 e. The summed E-state index contributed by atoms with van der Waals surface area (Å²) >= 11 is 0. The van der Waals surface area contributed by atoms with Crippen molar-refractivity contribution in [2.75, 3.05) is 13.1 Å². The van der Waals surface area contributed by atoms with Crippen LogP contribution >= 0.6 is 24.8 Å². The van der Waals surface area contributed by atoms with Crippen LogP contribution in [0, 0.1) is 0 Å². The molecule has 1 amide bonds. The molecule has 1 N–H and O–H groups in total. The van der Waals surface area contributed by atoms with Crippen molar-refractivity contribution in [1.29, 1.82) is 0 Å². The first-order valence-corrected chi connectivity index (χ1v) is 7.49. The Bertz CT molecular complexity index is 650. The summed E-state index contributed by atoms with van der Waals surface area (Å²) in [7, 11) is 0. The van der Waals surface area contributed by atoms with Gasteiger partial charge < -0.3 is 10.2 Å². The van der Waals surface area contributed by atoms with Crippen LogP contribution in [0.5, 0.6) is 0 Å². The maximum atomic E-state index is 12.6. The van der Waals surface area contributed by atoms with Crippen LogP contribution in [0.4, 0.5) is 0 Å². The molecule has 3 rings (SSSR count). The fraction of sp³-hybridized carbons (Fsp3) is 0.467. The molecule has 2 aromatic heterocycles. The summed E-state index contributed by atoms with van der Waals surface area (Å²) in [5.74, 6) is -0.0619. The summed E-state index contributed by atoms with van der Waals surface area (Å²) in [5.41, 5.74) is 1.27. The highest BCUT2D eigenvalue weighted by atomic mass is 35.5. The van der Waals surface area contributed by atoms with Gasteiger partial charge in [-0.3, -0.25) is 9.78 Å². The molecule has 1 aliphatic heterocycles. The zero-order chi connectivity index (χ0) is 15.5. The SMILES string of the molecule is CC1NCCN(C(=O)c2cn(Cc3ccccn3)nn2)C1C.Cl.Cl. The number of amides is 1. The third-order valence-corrected chi connectivity index (χ3v) is 4.10. The summed E-state index contributed by atoms with van der Waals surface area (Å²) in [4.78, 5) is 18.7. The minimum absolute atomic E-state index is 0.